The van der Waals surface area contributed by atoms with E-state index in [2.05, 4.69) is 58.9 Å². The molecular weight excluding hydrogens is 210 g/mol. The van der Waals surface area contributed by atoms with Gasteiger partial charge in [-0.25, -0.2) is 0 Å². The summed E-state index contributed by atoms with van der Waals surface area (Å²) >= 11 is 0. The Balaban J connectivity index is 2.93. The summed E-state index contributed by atoms with van der Waals surface area (Å²) in [5.41, 5.74) is 1.87. The third-order valence-electron chi connectivity index (χ3n) is 2.92. The third-order valence-corrected chi connectivity index (χ3v) is 4.92. The molecule has 1 nitrogen and oxygen atoms in total. The fourth-order valence-corrected chi connectivity index (χ4v) is 3.75. The maximum Gasteiger partial charge on any atom is 0.0630 e. The Hall–Kier alpha value is -0.813. The molecule has 2 heteroatoms. The molecule has 86 valence electrons. The van der Waals surface area contributed by atoms with Crippen molar-refractivity contribution in [1.82, 2.24) is 0 Å². The highest BCUT2D eigenvalue weighted by molar-refractivity contribution is 6.42. The van der Waals surface area contributed by atoms with Gasteiger partial charge in [0.05, 0.1) is 15.6 Å². The second-order valence-corrected chi connectivity index (χ2v) is 8.37. The number of hydrogen-bond acceptors (Lipinski definition) is 1. The highest BCUT2D eigenvalue weighted by Crippen LogP contribution is 2.45. The Kier molecular flexibility index (Phi) is 3.80. The van der Waals surface area contributed by atoms with Gasteiger partial charge in [0.15, 0.2) is 0 Å². The third kappa shape index (κ3) is 3.35. The Labute approximate surface area is 102 Å². The summed E-state index contributed by atoms with van der Waals surface area (Å²) in [5, 5.41) is 9.30. The van der Waals surface area contributed by atoms with Gasteiger partial charge in [0.25, 0.3) is 0 Å². The standard InChI is InChI=1S/C14H21NSi/c1-11-6-7-14(5,8-9-15)12(10-11)16-13(2,3)4/h6-7,10,12H,8H2,1-5H3. The molecule has 0 aromatic rings. The zero-order valence-electron chi connectivity index (χ0n) is 11.0. The molecule has 0 aliphatic heterocycles. The van der Waals surface area contributed by atoms with Crippen LogP contribution in [0.1, 0.15) is 41.0 Å². The van der Waals surface area contributed by atoms with E-state index in [0.29, 0.717) is 17.0 Å². The summed E-state index contributed by atoms with van der Waals surface area (Å²) in [6, 6.07) is 2.33. The van der Waals surface area contributed by atoms with Crippen LogP contribution in [0.4, 0.5) is 0 Å². The largest absolute Gasteiger partial charge is 0.198 e. The lowest BCUT2D eigenvalue weighted by Gasteiger charge is -2.37. The number of allylic oxidation sites excluding steroid dienone is 4. The van der Waals surface area contributed by atoms with Crippen molar-refractivity contribution in [1.29, 1.82) is 5.26 Å². The number of hydrogen-bond donors (Lipinski definition) is 0. The topological polar surface area (TPSA) is 23.8 Å². The van der Waals surface area contributed by atoms with Crippen LogP contribution in [0.5, 0.6) is 0 Å². The molecule has 0 aromatic carbocycles. The fourth-order valence-electron chi connectivity index (χ4n) is 1.95. The molecule has 0 heterocycles. The second-order valence-electron chi connectivity index (χ2n) is 5.96. The van der Waals surface area contributed by atoms with Gasteiger partial charge in [0.1, 0.15) is 0 Å². The van der Waals surface area contributed by atoms with Gasteiger partial charge in [-0.05, 0) is 17.5 Å². The molecule has 1 aliphatic carbocycles. The second kappa shape index (κ2) is 4.59. The summed E-state index contributed by atoms with van der Waals surface area (Å²) in [6.07, 6.45) is 7.35. The summed E-state index contributed by atoms with van der Waals surface area (Å²) in [4.78, 5) is 0. The van der Waals surface area contributed by atoms with Gasteiger partial charge in [-0.15, -0.1) is 0 Å². The molecule has 0 saturated heterocycles. The van der Waals surface area contributed by atoms with Crippen molar-refractivity contribution in [2.75, 3.05) is 0 Å². The molecule has 2 atom stereocenters. The van der Waals surface area contributed by atoms with Crippen LogP contribution in [0, 0.1) is 16.7 Å². The molecular formula is C14H21NSi. The molecule has 1 rings (SSSR count). The first-order valence-electron chi connectivity index (χ1n) is 5.79. The highest BCUT2D eigenvalue weighted by atomic mass is 28.2. The molecule has 0 aromatic heterocycles. The number of rotatable bonds is 2. The van der Waals surface area contributed by atoms with Crippen molar-refractivity contribution in [2.24, 2.45) is 5.41 Å². The van der Waals surface area contributed by atoms with E-state index in [4.69, 9.17) is 5.26 Å². The Morgan fingerprint density at radius 3 is 2.62 bits per heavy atom. The predicted octanol–water partition coefficient (Wildman–Crippen LogP) is 4.13. The quantitative estimate of drug-likeness (QED) is 0.655. The molecule has 0 bridgehead atoms. The van der Waals surface area contributed by atoms with Crippen LogP contribution in [-0.4, -0.2) is 9.52 Å². The Bertz CT molecular complexity index is 354. The van der Waals surface area contributed by atoms with E-state index >= 15 is 0 Å². The zero-order valence-corrected chi connectivity index (χ0v) is 12.0. The van der Waals surface area contributed by atoms with E-state index < -0.39 is 0 Å². The average molecular weight is 231 g/mol. The molecule has 0 saturated carbocycles. The van der Waals surface area contributed by atoms with Crippen molar-refractivity contribution in [3.8, 4) is 6.07 Å². The lowest BCUT2D eigenvalue weighted by atomic mass is 9.79. The SMILES string of the molecule is CC1=CC([Si]C(C)(C)C)C(C)(CC#N)C=C1. The summed E-state index contributed by atoms with van der Waals surface area (Å²) in [5.74, 6) is 0. The fraction of sp³-hybridized carbons (Fsp3) is 0.643. The predicted molar refractivity (Wildman–Crippen MR) is 70.5 cm³/mol. The summed E-state index contributed by atoms with van der Waals surface area (Å²) < 4.78 is 0. The maximum atomic E-state index is 8.96. The first kappa shape index (κ1) is 13.3. The van der Waals surface area contributed by atoms with Crippen LogP contribution in [-0.2, 0) is 0 Å². The first-order chi connectivity index (χ1) is 7.27. The highest BCUT2D eigenvalue weighted by Gasteiger charge is 2.35. The molecule has 0 fully saturated rings. The lowest BCUT2D eigenvalue weighted by molar-refractivity contribution is 0.430. The molecule has 16 heavy (non-hydrogen) atoms. The van der Waals surface area contributed by atoms with Gasteiger partial charge >= 0.3 is 0 Å². The van der Waals surface area contributed by atoms with E-state index in [1.807, 2.05) is 0 Å². The van der Waals surface area contributed by atoms with Crippen LogP contribution in [0.2, 0.25) is 10.6 Å². The Morgan fingerprint density at radius 2 is 2.12 bits per heavy atom. The average Bonchev–Trinajstić information content (AvgIpc) is 2.10. The molecule has 2 radical (unpaired) electrons. The van der Waals surface area contributed by atoms with E-state index in [-0.39, 0.29) is 5.41 Å². The van der Waals surface area contributed by atoms with Crippen LogP contribution in [0.25, 0.3) is 0 Å². The van der Waals surface area contributed by atoms with Crippen molar-refractivity contribution < 1.29 is 0 Å². The normalized spacial score (nSPS) is 29.8. The molecule has 0 amide bonds. The zero-order chi connectivity index (χ0) is 12.4. The molecule has 0 N–H and O–H groups in total. The van der Waals surface area contributed by atoms with Gasteiger partial charge in [-0.2, -0.15) is 5.26 Å². The first-order valence-corrected chi connectivity index (χ1v) is 6.87. The van der Waals surface area contributed by atoms with Crippen LogP contribution < -0.4 is 0 Å². The molecule has 0 spiro atoms. The number of nitriles is 1. The summed E-state index contributed by atoms with van der Waals surface area (Å²) in [7, 11) is 0.859. The van der Waals surface area contributed by atoms with Crippen molar-refractivity contribution in [2.45, 2.75) is 51.6 Å². The molecule has 2 unspecified atom stereocenters. The number of nitrogens with zero attached hydrogens (tertiary/aromatic N) is 1. The van der Waals surface area contributed by atoms with E-state index in [0.717, 1.165) is 9.52 Å². The minimum atomic E-state index is 0.0278. The van der Waals surface area contributed by atoms with Gasteiger partial charge in [-0.1, -0.05) is 51.5 Å². The Morgan fingerprint density at radius 1 is 1.50 bits per heavy atom. The molecule has 1 aliphatic rings. The van der Waals surface area contributed by atoms with Gasteiger partial charge < -0.3 is 0 Å². The van der Waals surface area contributed by atoms with E-state index in [9.17, 15) is 0 Å². The van der Waals surface area contributed by atoms with Crippen LogP contribution in [0.3, 0.4) is 0 Å². The van der Waals surface area contributed by atoms with Crippen molar-refractivity contribution in [3.05, 3.63) is 23.8 Å². The summed E-state index contributed by atoms with van der Waals surface area (Å²) in [6.45, 7) is 11.2. The monoisotopic (exact) mass is 231 g/mol. The van der Waals surface area contributed by atoms with Gasteiger partial charge in [-0.3, -0.25) is 0 Å². The van der Waals surface area contributed by atoms with Gasteiger partial charge in [0, 0.05) is 11.8 Å². The smallest absolute Gasteiger partial charge is 0.0630 e. The minimum Gasteiger partial charge on any atom is -0.198 e. The van der Waals surface area contributed by atoms with Crippen molar-refractivity contribution >= 4 is 9.52 Å². The lowest BCUT2D eigenvalue weighted by Crippen LogP contribution is -2.29. The van der Waals surface area contributed by atoms with Crippen LogP contribution >= 0.6 is 0 Å². The maximum absolute atomic E-state index is 8.96. The van der Waals surface area contributed by atoms with E-state index in [1.54, 1.807) is 0 Å². The van der Waals surface area contributed by atoms with Crippen LogP contribution in [0.15, 0.2) is 23.8 Å². The van der Waals surface area contributed by atoms with Gasteiger partial charge in [0.2, 0.25) is 0 Å². The minimum absolute atomic E-state index is 0.0278. The van der Waals surface area contributed by atoms with E-state index in [1.165, 1.54) is 5.57 Å². The van der Waals surface area contributed by atoms with Crippen molar-refractivity contribution in [3.63, 3.8) is 0 Å².